The van der Waals surface area contributed by atoms with Crippen molar-refractivity contribution >= 4 is 17.5 Å². The zero-order valence-corrected chi connectivity index (χ0v) is 14.8. The van der Waals surface area contributed by atoms with Crippen LogP contribution in [0.25, 0.3) is 0 Å². The lowest BCUT2D eigenvalue weighted by Gasteiger charge is -2.24. The topological polar surface area (TPSA) is 58.2 Å². The molecule has 4 heteroatoms. The number of anilines is 1. The van der Waals surface area contributed by atoms with Crippen LogP contribution in [0.2, 0.25) is 0 Å². The second-order valence-electron chi connectivity index (χ2n) is 6.66. The predicted octanol–water partition coefficient (Wildman–Crippen LogP) is 3.48. The Bertz CT molecular complexity index is 798. The van der Waals surface area contributed by atoms with Gasteiger partial charge in [0.15, 0.2) is 0 Å². The standard InChI is InChI=1S/C21H24N2O2/c1-14-7-5-12-19(15(14)2)23-20(24)13-22-21(25)18-11-6-9-16-8-3-4-10-17(16)18/h3-5,7-8,10,12,18H,6,9,11,13H2,1-2H3,(H,22,25)(H,23,24). The van der Waals surface area contributed by atoms with Crippen LogP contribution >= 0.6 is 0 Å². The van der Waals surface area contributed by atoms with Crippen molar-refractivity contribution in [2.45, 2.75) is 39.0 Å². The van der Waals surface area contributed by atoms with Gasteiger partial charge in [-0.05, 0) is 61.4 Å². The number of amides is 2. The summed E-state index contributed by atoms with van der Waals surface area (Å²) in [6, 6.07) is 13.9. The van der Waals surface area contributed by atoms with E-state index in [1.54, 1.807) is 0 Å². The van der Waals surface area contributed by atoms with Crippen LogP contribution in [0.5, 0.6) is 0 Å². The molecule has 2 aromatic rings. The van der Waals surface area contributed by atoms with Gasteiger partial charge in [0.25, 0.3) is 0 Å². The first-order valence-corrected chi connectivity index (χ1v) is 8.78. The maximum absolute atomic E-state index is 12.5. The van der Waals surface area contributed by atoms with E-state index in [1.807, 2.05) is 50.2 Å². The van der Waals surface area contributed by atoms with E-state index in [0.717, 1.165) is 41.6 Å². The summed E-state index contributed by atoms with van der Waals surface area (Å²) < 4.78 is 0. The molecule has 0 fully saturated rings. The van der Waals surface area contributed by atoms with Gasteiger partial charge in [-0.15, -0.1) is 0 Å². The van der Waals surface area contributed by atoms with Crippen LogP contribution in [-0.4, -0.2) is 18.4 Å². The quantitative estimate of drug-likeness (QED) is 0.898. The molecule has 1 atom stereocenters. The van der Waals surface area contributed by atoms with E-state index in [-0.39, 0.29) is 24.3 Å². The lowest BCUT2D eigenvalue weighted by molar-refractivity contribution is -0.125. The van der Waals surface area contributed by atoms with Crippen molar-refractivity contribution in [3.8, 4) is 0 Å². The third-order valence-electron chi connectivity index (χ3n) is 4.99. The van der Waals surface area contributed by atoms with Gasteiger partial charge in [-0.3, -0.25) is 9.59 Å². The van der Waals surface area contributed by atoms with Gasteiger partial charge < -0.3 is 10.6 Å². The molecule has 0 heterocycles. The summed E-state index contributed by atoms with van der Waals surface area (Å²) in [5, 5.41) is 5.67. The number of nitrogens with one attached hydrogen (secondary N) is 2. The molecule has 0 saturated heterocycles. The van der Waals surface area contributed by atoms with Crippen molar-refractivity contribution in [2.75, 3.05) is 11.9 Å². The average molecular weight is 336 g/mol. The molecular weight excluding hydrogens is 312 g/mol. The third-order valence-corrected chi connectivity index (χ3v) is 4.99. The van der Waals surface area contributed by atoms with Crippen molar-refractivity contribution in [2.24, 2.45) is 0 Å². The Hall–Kier alpha value is -2.62. The summed E-state index contributed by atoms with van der Waals surface area (Å²) in [5.74, 6) is -0.423. The van der Waals surface area contributed by atoms with Crippen LogP contribution in [0.1, 0.15) is 41.0 Å². The molecule has 0 aliphatic heterocycles. The van der Waals surface area contributed by atoms with Gasteiger partial charge in [0.05, 0.1) is 12.5 Å². The highest BCUT2D eigenvalue weighted by Crippen LogP contribution is 2.31. The van der Waals surface area contributed by atoms with Gasteiger partial charge in [-0.2, -0.15) is 0 Å². The number of rotatable bonds is 4. The van der Waals surface area contributed by atoms with Crippen LogP contribution in [0.4, 0.5) is 5.69 Å². The van der Waals surface area contributed by atoms with Gasteiger partial charge in [0.2, 0.25) is 11.8 Å². The predicted molar refractivity (Wildman–Crippen MR) is 99.7 cm³/mol. The largest absolute Gasteiger partial charge is 0.346 e. The molecule has 1 aliphatic rings. The minimum atomic E-state index is -0.203. The van der Waals surface area contributed by atoms with Crippen LogP contribution < -0.4 is 10.6 Å². The molecule has 0 bridgehead atoms. The van der Waals surface area contributed by atoms with Crippen LogP contribution in [0.15, 0.2) is 42.5 Å². The smallest absolute Gasteiger partial charge is 0.243 e. The number of benzene rings is 2. The molecule has 25 heavy (non-hydrogen) atoms. The van der Waals surface area contributed by atoms with E-state index in [1.165, 1.54) is 5.56 Å². The summed E-state index contributed by atoms with van der Waals surface area (Å²) in [5.41, 5.74) is 5.31. The number of aryl methyl sites for hydroxylation is 2. The van der Waals surface area contributed by atoms with Crippen LogP contribution in [0, 0.1) is 13.8 Å². The molecule has 2 aromatic carbocycles. The van der Waals surface area contributed by atoms with E-state index in [9.17, 15) is 9.59 Å². The summed E-state index contributed by atoms with van der Waals surface area (Å²) in [7, 11) is 0. The Morgan fingerprint density at radius 1 is 1.08 bits per heavy atom. The fraction of sp³-hybridized carbons (Fsp3) is 0.333. The first-order valence-electron chi connectivity index (χ1n) is 8.78. The number of fused-ring (bicyclic) bond motifs is 1. The molecule has 3 rings (SSSR count). The second kappa shape index (κ2) is 7.51. The average Bonchev–Trinajstić information content (AvgIpc) is 2.63. The zero-order chi connectivity index (χ0) is 17.8. The van der Waals surface area contributed by atoms with Crippen molar-refractivity contribution in [1.29, 1.82) is 0 Å². The molecule has 0 radical (unpaired) electrons. The summed E-state index contributed by atoms with van der Waals surface area (Å²) >= 11 is 0. The molecule has 130 valence electrons. The zero-order valence-electron chi connectivity index (χ0n) is 14.8. The molecule has 1 aliphatic carbocycles. The Morgan fingerprint density at radius 3 is 2.72 bits per heavy atom. The van der Waals surface area contributed by atoms with Crippen LogP contribution in [0.3, 0.4) is 0 Å². The lowest BCUT2D eigenvalue weighted by atomic mass is 9.82. The number of carbonyl (C=O) groups is 2. The first-order chi connectivity index (χ1) is 12.1. The molecule has 0 spiro atoms. The van der Waals surface area contributed by atoms with E-state index in [0.29, 0.717) is 0 Å². The van der Waals surface area contributed by atoms with E-state index >= 15 is 0 Å². The monoisotopic (exact) mass is 336 g/mol. The van der Waals surface area contributed by atoms with Crippen molar-refractivity contribution in [3.05, 3.63) is 64.7 Å². The number of carbonyl (C=O) groups excluding carboxylic acids is 2. The molecule has 0 aromatic heterocycles. The maximum atomic E-state index is 12.5. The first kappa shape index (κ1) is 17.2. The normalized spacial score (nSPS) is 16.0. The van der Waals surface area contributed by atoms with Gasteiger partial charge in [0, 0.05) is 5.69 Å². The van der Waals surface area contributed by atoms with Crippen molar-refractivity contribution in [1.82, 2.24) is 5.32 Å². The van der Waals surface area contributed by atoms with Gasteiger partial charge in [-0.1, -0.05) is 36.4 Å². The second-order valence-corrected chi connectivity index (χ2v) is 6.66. The third kappa shape index (κ3) is 3.90. The van der Waals surface area contributed by atoms with Gasteiger partial charge in [-0.25, -0.2) is 0 Å². The highest BCUT2D eigenvalue weighted by atomic mass is 16.2. The highest BCUT2D eigenvalue weighted by Gasteiger charge is 2.26. The van der Waals surface area contributed by atoms with Crippen LogP contribution in [-0.2, 0) is 16.0 Å². The summed E-state index contributed by atoms with van der Waals surface area (Å²) in [6.07, 6.45) is 2.86. The Labute approximate surface area is 148 Å². The molecule has 1 unspecified atom stereocenters. The number of hydrogen-bond acceptors (Lipinski definition) is 2. The van der Waals surface area contributed by atoms with Crippen molar-refractivity contribution < 1.29 is 9.59 Å². The lowest BCUT2D eigenvalue weighted by Crippen LogP contribution is -2.37. The van der Waals surface area contributed by atoms with Gasteiger partial charge in [0.1, 0.15) is 0 Å². The minimum absolute atomic E-state index is 0.00905. The Kier molecular flexibility index (Phi) is 5.17. The van der Waals surface area contributed by atoms with Gasteiger partial charge >= 0.3 is 0 Å². The molecule has 2 N–H and O–H groups in total. The van der Waals surface area contributed by atoms with E-state index in [2.05, 4.69) is 16.7 Å². The SMILES string of the molecule is Cc1cccc(NC(=O)CNC(=O)C2CCCc3ccccc32)c1C. The van der Waals surface area contributed by atoms with E-state index in [4.69, 9.17) is 0 Å². The molecule has 4 nitrogen and oxygen atoms in total. The Balaban J connectivity index is 1.59. The minimum Gasteiger partial charge on any atom is -0.346 e. The summed E-state index contributed by atoms with van der Waals surface area (Å²) in [6.45, 7) is 3.97. The Morgan fingerprint density at radius 2 is 1.88 bits per heavy atom. The molecule has 2 amide bonds. The fourth-order valence-electron chi connectivity index (χ4n) is 3.40. The maximum Gasteiger partial charge on any atom is 0.243 e. The summed E-state index contributed by atoms with van der Waals surface area (Å²) in [4.78, 5) is 24.7. The number of hydrogen-bond donors (Lipinski definition) is 2. The molecular formula is C21H24N2O2. The fourth-order valence-corrected chi connectivity index (χ4v) is 3.40. The van der Waals surface area contributed by atoms with Crippen molar-refractivity contribution in [3.63, 3.8) is 0 Å². The van der Waals surface area contributed by atoms with E-state index < -0.39 is 0 Å². The highest BCUT2D eigenvalue weighted by molar-refractivity contribution is 5.96. The molecule has 0 saturated carbocycles.